The molecular weight excluding hydrogens is 281 g/mol. The van der Waals surface area contributed by atoms with Gasteiger partial charge in [0.05, 0.1) is 6.61 Å². The molecule has 0 radical (unpaired) electrons. The second kappa shape index (κ2) is 7.41. The molecule has 2 rings (SSSR count). The molecule has 0 unspecified atom stereocenters. The Morgan fingerprint density at radius 1 is 1.18 bits per heavy atom. The number of esters is 1. The molecule has 114 valence electrons. The highest BCUT2D eigenvalue weighted by Crippen LogP contribution is 2.23. The highest BCUT2D eigenvalue weighted by Gasteiger charge is 2.09. The van der Waals surface area contributed by atoms with Crippen LogP contribution in [0.5, 0.6) is 0 Å². The number of nitrogens with one attached hydrogen (secondary N) is 1. The van der Waals surface area contributed by atoms with Gasteiger partial charge in [-0.1, -0.05) is 36.4 Å². The summed E-state index contributed by atoms with van der Waals surface area (Å²) in [5.74, 6) is -1.83. The lowest BCUT2D eigenvalue weighted by Gasteiger charge is -2.05. The van der Waals surface area contributed by atoms with Crippen molar-refractivity contribution in [3.8, 4) is 11.1 Å². The Morgan fingerprint density at radius 2 is 1.91 bits per heavy atom. The SMILES string of the molecule is CCOC(=O)/C(F)=C/c1ccc(-c2cccc(NC)c2)cc1. The Morgan fingerprint density at radius 3 is 2.55 bits per heavy atom. The topological polar surface area (TPSA) is 38.3 Å². The van der Waals surface area contributed by atoms with Crippen LogP contribution in [0.4, 0.5) is 10.1 Å². The normalized spacial score (nSPS) is 11.1. The molecule has 0 aromatic heterocycles. The number of ether oxygens (including phenoxy) is 1. The van der Waals surface area contributed by atoms with Gasteiger partial charge in [-0.05, 0) is 41.8 Å². The molecule has 22 heavy (non-hydrogen) atoms. The lowest BCUT2D eigenvalue weighted by molar-refractivity contribution is -0.140. The number of carbonyl (C=O) groups excluding carboxylic acids is 1. The van der Waals surface area contributed by atoms with Gasteiger partial charge in [0.25, 0.3) is 0 Å². The third-order valence-electron chi connectivity index (χ3n) is 3.16. The van der Waals surface area contributed by atoms with E-state index in [-0.39, 0.29) is 6.61 Å². The van der Waals surface area contributed by atoms with E-state index in [1.807, 2.05) is 43.4 Å². The molecule has 0 saturated carbocycles. The fraction of sp³-hybridized carbons (Fsp3) is 0.167. The zero-order chi connectivity index (χ0) is 15.9. The van der Waals surface area contributed by atoms with Crippen molar-refractivity contribution in [1.29, 1.82) is 0 Å². The second-order valence-corrected chi connectivity index (χ2v) is 4.67. The maximum Gasteiger partial charge on any atom is 0.367 e. The van der Waals surface area contributed by atoms with E-state index in [9.17, 15) is 9.18 Å². The average Bonchev–Trinajstić information content (AvgIpc) is 2.55. The Balaban J connectivity index is 2.19. The van der Waals surface area contributed by atoms with Crippen molar-refractivity contribution in [3.63, 3.8) is 0 Å². The quantitative estimate of drug-likeness (QED) is 0.662. The number of anilines is 1. The van der Waals surface area contributed by atoms with Gasteiger partial charge in [-0.15, -0.1) is 0 Å². The van der Waals surface area contributed by atoms with E-state index < -0.39 is 11.8 Å². The standard InChI is InChI=1S/C18H18FNO2/c1-3-22-18(21)17(19)11-13-7-9-14(10-8-13)15-5-4-6-16(12-15)20-2/h4-12,20H,3H2,1-2H3/b17-11-. The van der Waals surface area contributed by atoms with E-state index in [1.54, 1.807) is 19.1 Å². The number of carbonyl (C=O) groups is 1. The zero-order valence-electron chi connectivity index (χ0n) is 12.6. The van der Waals surface area contributed by atoms with Gasteiger partial charge < -0.3 is 10.1 Å². The minimum atomic E-state index is -0.937. The summed E-state index contributed by atoms with van der Waals surface area (Å²) < 4.78 is 18.2. The first-order valence-corrected chi connectivity index (χ1v) is 7.06. The summed E-state index contributed by atoms with van der Waals surface area (Å²) in [6.07, 6.45) is 1.17. The third-order valence-corrected chi connectivity index (χ3v) is 3.16. The van der Waals surface area contributed by atoms with Gasteiger partial charge in [-0.3, -0.25) is 0 Å². The molecule has 1 N–H and O–H groups in total. The van der Waals surface area contributed by atoms with E-state index >= 15 is 0 Å². The number of halogens is 1. The number of rotatable bonds is 5. The van der Waals surface area contributed by atoms with Crippen molar-refractivity contribution in [3.05, 3.63) is 59.9 Å². The van der Waals surface area contributed by atoms with Crippen molar-refractivity contribution >= 4 is 17.7 Å². The van der Waals surface area contributed by atoms with Gasteiger partial charge >= 0.3 is 5.97 Å². The molecule has 2 aromatic carbocycles. The Bertz CT molecular complexity index is 678. The Kier molecular flexibility index (Phi) is 5.31. The molecule has 0 aliphatic heterocycles. The van der Waals surface area contributed by atoms with E-state index in [1.165, 1.54) is 6.08 Å². The maximum atomic E-state index is 13.6. The van der Waals surface area contributed by atoms with E-state index in [0.717, 1.165) is 16.8 Å². The van der Waals surface area contributed by atoms with Crippen LogP contribution < -0.4 is 5.32 Å². The van der Waals surface area contributed by atoms with Crippen LogP contribution in [0.2, 0.25) is 0 Å². The molecule has 0 spiro atoms. The molecule has 0 heterocycles. The smallest absolute Gasteiger partial charge is 0.367 e. The summed E-state index contributed by atoms with van der Waals surface area (Å²) in [4.78, 5) is 11.2. The van der Waals surface area contributed by atoms with Gasteiger partial charge in [0.1, 0.15) is 0 Å². The van der Waals surface area contributed by atoms with Crippen molar-refractivity contribution in [1.82, 2.24) is 0 Å². The first kappa shape index (κ1) is 15.8. The minimum absolute atomic E-state index is 0.154. The molecule has 2 aromatic rings. The monoisotopic (exact) mass is 299 g/mol. The second-order valence-electron chi connectivity index (χ2n) is 4.67. The Labute approximate surface area is 129 Å². The lowest BCUT2D eigenvalue weighted by Crippen LogP contribution is -2.03. The molecule has 0 fully saturated rings. The van der Waals surface area contributed by atoms with Crippen LogP contribution in [0, 0.1) is 0 Å². The van der Waals surface area contributed by atoms with Gasteiger partial charge in [0, 0.05) is 12.7 Å². The van der Waals surface area contributed by atoms with Crippen LogP contribution in [-0.4, -0.2) is 19.6 Å². The van der Waals surface area contributed by atoms with Crippen LogP contribution in [0.3, 0.4) is 0 Å². The predicted octanol–water partition coefficient (Wildman–Crippen LogP) is 4.27. The first-order valence-electron chi connectivity index (χ1n) is 7.06. The van der Waals surface area contributed by atoms with Crippen molar-refractivity contribution in [2.24, 2.45) is 0 Å². The van der Waals surface area contributed by atoms with Crippen LogP contribution in [0.15, 0.2) is 54.4 Å². The third kappa shape index (κ3) is 3.95. The fourth-order valence-corrected chi connectivity index (χ4v) is 2.03. The van der Waals surface area contributed by atoms with E-state index in [4.69, 9.17) is 0 Å². The minimum Gasteiger partial charge on any atom is -0.461 e. The molecule has 0 bridgehead atoms. The molecule has 0 aliphatic carbocycles. The van der Waals surface area contributed by atoms with Crippen molar-refractivity contribution in [2.75, 3.05) is 19.0 Å². The summed E-state index contributed by atoms with van der Waals surface area (Å²) >= 11 is 0. The molecule has 3 nitrogen and oxygen atoms in total. The van der Waals surface area contributed by atoms with Gasteiger partial charge in [-0.25, -0.2) is 4.79 Å². The van der Waals surface area contributed by atoms with Crippen LogP contribution in [0.25, 0.3) is 17.2 Å². The molecular formula is C18H18FNO2. The summed E-state index contributed by atoms with van der Waals surface area (Å²) in [6.45, 7) is 1.79. The lowest BCUT2D eigenvalue weighted by atomic mass is 10.0. The van der Waals surface area contributed by atoms with E-state index in [2.05, 4.69) is 10.1 Å². The number of benzene rings is 2. The highest BCUT2D eigenvalue weighted by molar-refractivity contribution is 5.91. The number of hydrogen-bond acceptors (Lipinski definition) is 3. The summed E-state index contributed by atoms with van der Waals surface area (Å²) in [7, 11) is 1.87. The Hall–Kier alpha value is -2.62. The zero-order valence-corrected chi connectivity index (χ0v) is 12.6. The molecule has 0 atom stereocenters. The molecule has 0 aliphatic rings. The van der Waals surface area contributed by atoms with Crippen LogP contribution in [0.1, 0.15) is 12.5 Å². The van der Waals surface area contributed by atoms with Crippen molar-refractivity contribution in [2.45, 2.75) is 6.92 Å². The molecule has 0 saturated heterocycles. The fourth-order valence-electron chi connectivity index (χ4n) is 2.03. The number of hydrogen-bond donors (Lipinski definition) is 1. The maximum absolute atomic E-state index is 13.6. The average molecular weight is 299 g/mol. The van der Waals surface area contributed by atoms with Crippen LogP contribution >= 0.6 is 0 Å². The molecule has 4 heteroatoms. The first-order chi connectivity index (χ1) is 10.6. The largest absolute Gasteiger partial charge is 0.461 e. The van der Waals surface area contributed by atoms with Gasteiger partial charge in [0.15, 0.2) is 0 Å². The van der Waals surface area contributed by atoms with Gasteiger partial charge in [0.2, 0.25) is 5.83 Å². The molecule has 0 amide bonds. The highest BCUT2D eigenvalue weighted by atomic mass is 19.1. The van der Waals surface area contributed by atoms with Crippen LogP contribution in [-0.2, 0) is 9.53 Å². The van der Waals surface area contributed by atoms with Crippen molar-refractivity contribution < 1.29 is 13.9 Å². The predicted molar refractivity (Wildman–Crippen MR) is 87.1 cm³/mol. The van der Waals surface area contributed by atoms with Gasteiger partial charge in [-0.2, -0.15) is 4.39 Å². The van der Waals surface area contributed by atoms with E-state index in [0.29, 0.717) is 5.56 Å². The summed E-state index contributed by atoms with van der Waals surface area (Å²) in [5, 5.41) is 3.09. The summed E-state index contributed by atoms with van der Waals surface area (Å²) in [5.41, 5.74) is 3.72. The summed E-state index contributed by atoms with van der Waals surface area (Å²) in [6, 6.07) is 15.3.